The maximum absolute atomic E-state index is 2.68. The molecule has 0 nitrogen and oxygen atoms in total. The van der Waals surface area contributed by atoms with Gasteiger partial charge in [-0.2, -0.15) is 0 Å². The SMILES string of the molecule is CCCc1c(CCC)c2cccc3c4cc5c6ccccc6cc5c5cc6c7c(-c8ccccc8)c(-c8ccccc8)c(-c8ccccc8)c(-c8ccccc8)c7c(CCC)c6c(c(c1CCC)c23)c54. The third-order valence-electron chi connectivity index (χ3n) is 15.8. The Labute approximate surface area is 411 Å². The van der Waals surface area contributed by atoms with Gasteiger partial charge in [0.05, 0.1) is 0 Å². The van der Waals surface area contributed by atoms with Crippen LogP contribution >= 0.6 is 0 Å². The van der Waals surface area contributed by atoms with Crippen molar-refractivity contribution in [3.8, 4) is 44.5 Å². The van der Waals surface area contributed by atoms with Gasteiger partial charge in [-0.25, -0.2) is 0 Å². The van der Waals surface area contributed by atoms with Crippen molar-refractivity contribution < 1.29 is 0 Å². The van der Waals surface area contributed by atoms with Crippen LogP contribution in [0.3, 0.4) is 0 Å². The minimum Gasteiger partial charge on any atom is -0.0651 e. The Hall–Kier alpha value is -7.54. The summed E-state index contributed by atoms with van der Waals surface area (Å²) in [7, 11) is 0. The lowest BCUT2D eigenvalue weighted by molar-refractivity contribution is 0.836. The second kappa shape index (κ2) is 17.1. The van der Waals surface area contributed by atoms with E-state index >= 15 is 0 Å². The molecule has 13 rings (SSSR count). The van der Waals surface area contributed by atoms with Crippen LogP contribution < -0.4 is 0 Å². The first-order valence-corrected chi connectivity index (χ1v) is 26.2. The summed E-state index contributed by atoms with van der Waals surface area (Å²) in [6.45, 7) is 9.55. The molecular weight excluding hydrogens is 841 g/mol. The van der Waals surface area contributed by atoms with Crippen molar-refractivity contribution in [3.05, 3.63) is 204 Å². The number of rotatable bonds is 12. The quantitative estimate of drug-likeness (QED) is 0.0847. The monoisotopic (exact) mass is 898 g/mol. The van der Waals surface area contributed by atoms with Crippen LogP contribution in [0, 0.1) is 0 Å². The minimum atomic E-state index is 0.965. The number of benzene rings is 11. The van der Waals surface area contributed by atoms with Crippen molar-refractivity contribution >= 4 is 86.2 Å². The number of fused-ring (bicyclic) bond motifs is 10. The zero-order valence-electron chi connectivity index (χ0n) is 41.0. The Balaban J connectivity index is 1.43. The second-order valence-electron chi connectivity index (χ2n) is 19.9. The fourth-order valence-electron chi connectivity index (χ4n) is 13.3. The van der Waals surface area contributed by atoms with Crippen molar-refractivity contribution in [2.75, 3.05) is 0 Å². The molecular formula is C70H58. The first kappa shape index (κ1) is 42.6. The molecule has 0 amide bonds. The lowest BCUT2D eigenvalue weighted by Crippen LogP contribution is -2.05. The molecule has 0 radical (unpaired) electrons. The second-order valence-corrected chi connectivity index (χ2v) is 19.9. The topological polar surface area (TPSA) is 0 Å². The summed E-state index contributed by atoms with van der Waals surface area (Å²) in [5.74, 6) is 0. The van der Waals surface area contributed by atoms with Crippen molar-refractivity contribution in [1.82, 2.24) is 0 Å². The van der Waals surface area contributed by atoms with E-state index in [-0.39, 0.29) is 0 Å². The first-order chi connectivity index (χ1) is 34.6. The van der Waals surface area contributed by atoms with Crippen LogP contribution in [0.1, 0.15) is 75.6 Å². The van der Waals surface area contributed by atoms with Gasteiger partial charge in [-0.15, -0.1) is 0 Å². The summed E-state index contributed by atoms with van der Waals surface area (Å²) in [4.78, 5) is 0. The van der Waals surface area contributed by atoms with Gasteiger partial charge in [-0.1, -0.05) is 217 Å². The molecule has 0 aliphatic carbocycles. The van der Waals surface area contributed by atoms with Crippen molar-refractivity contribution in [1.29, 1.82) is 0 Å². The molecule has 0 spiro atoms. The summed E-state index contributed by atoms with van der Waals surface area (Å²) >= 11 is 0. The molecule has 0 saturated carbocycles. The predicted molar refractivity (Wildman–Crippen MR) is 307 cm³/mol. The highest BCUT2D eigenvalue weighted by atomic mass is 14.3. The van der Waals surface area contributed by atoms with Gasteiger partial charge in [0.25, 0.3) is 0 Å². The van der Waals surface area contributed by atoms with Gasteiger partial charge in [0.1, 0.15) is 0 Å². The van der Waals surface area contributed by atoms with Crippen LogP contribution in [0.2, 0.25) is 0 Å². The summed E-state index contributed by atoms with van der Waals surface area (Å²) in [5, 5.41) is 22.5. The largest absolute Gasteiger partial charge is 0.0651 e. The predicted octanol–water partition coefficient (Wildman–Crippen LogP) is 20.3. The highest BCUT2D eigenvalue weighted by Crippen LogP contribution is 2.58. The lowest BCUT2D eigenvalue weighted by atomic mass is 9.78. The summed E-state index contributed by atoms with van der Waals surface area (Å²) in [5.41, 5.74) is 16.5. The van der Waals surface area contributed by atoms with Crippen LogP contribution in [0.5, 0.6) is 0 Å². The molecule has 0 N–H and O–H groups in total. The van der Waals surface area contributed by atoms with Crippen LogP contribution in [0.15, 0.2) is 182 Å². The van der Waals surface area contributed by atoms with Crippen LogP contribution in [-0.4, -0.2) is 0 Å². The zero-order valence-corrected chi connectivity index (χ0v) is 41.0. The molecule has 338 valence electrons. The normalized spacial score (nSPS) is 12.2. The molecule has 0 saturated heterocycles. The van der Waals surface area contributed by atoms with Gasteiger partial charge >= 0.3 is 0 Å². The Morgan fingerprint density at radius 2 is 0.657 bits per heavy atom. The molecule has 0 heterocycles. The third kappa shape index (κ3) is 6.21. The Morgan fingerprint density at radius 1 is 0.229 bits per heavy atom. The van der Waals surface area contributed by atoms with E-state index in [1.807, 2.05) is 0 Å². The lowest BCUT2D eigenvalue weighted by Gasteiger charge is -2.25. The van der Waals surface area contributed by atoms with E-state index in [2.05, 4.69) is 210 Å². The van der Waals surface area contributed by atoms with Crippen molar-refractivity contribution in [3.63, 3.8) is 0 Å². The summed E-state index contributed by atoms with van der Waals surface area (Å²) < 4.78 is 0. The highest BCUT2D eigenvalue weighted by molar-refractivity contribution is 6.46. The van der Waals surface area contributed by atoms with E-state index in [4.69, 9.17) is 0 Å². The van der Waals surface area contributed by atoms with Gasteiger partial charge in [-0.05, 0) is 197 Å². The van der Waals surface area contributed by atoms with E-state index in [9.17, 15) is 0 Å². The molecule has 0 unspecified atom stereocenters. The average Bonchev–Trinajstić information content (AvgIpc) is 3.95. The van der Waals surface area contributed by atoms with Gasteiger partial charge in [0.15, 0.2) is 0 Å². The smallest absolute Gasteiger partial charge is 0.000778 e. The van der Waals surface area contributed by atoms with Crippen molar-refractivity contribution in [2.45, 2.75) is 79.1 Å². The standard InChI is InChI=1S/C70H58/c1-5-24-49-50(25-6-2)52-38-23-39-53-57-41-56-48-37-22-21-36-47(48)40-55(56)58-42-59-65(70(66(57)58)67(64(52)53)51(49)26-7-3)54(27-8-4)68-62(45-32-17-11-18-33-45)60(43-28-13-9-14-29-43)61(44-30-15-10-16-31-44)63(69(59)68)46-34-19-12-20-35-46/h9-23,28-42H,5-8,24-27H2,1-4H3. The Morgan fingerprint density at radius 3 is 1.26 bits per heavy atom. The van der Waals surface area contributed by atoms with Crippen molar-refractivity contribution in [2.24, 2.45) is 0 Å². The molecule has 0 aliphatic rings. The maximum Gasteiger partial charge on any atom is -0.000778 e. The number of hydrogen-bond acceptors (Lipinski definition) is 0. The van der Waals surface area contributed by atoms with Crippen LogP contribution in [0.25, 0.3) is 131 Å². The maximum atomic E-state index is 2.68. The van der Waals surface area contributed by atoms with Crippen LogP contribution in [0.4, 0.5) is 0 Å². The molecule has 70 heavy (non-hydrogen) atoms. The summed E-state index contributed by atoms with van der Waals surface area (Å²) in [6.07, 6.45) is 8.61. The van der Waals surface area contributed by atoms with Gasteiger partial charge < -0.3 is 0 Å². The molecule has 0 fully saturated rings. The van der Waals surface area contributed by atoms with E-state index in [1.54, 1.807) is 16.7 Å². The molecule has 0 aliphatic heterocycles. The van der Waals surface area contributed by atoms with E-state index < -0.39 is 0 Å². The molecule has 13 aromatic rings. The average molecular weight is 899 g/mol. The fraction of sp³-hybridized carbons (Fsp3) is 0.171. The molecule has 0 heteroatoms. The molecule has 0 bridgehead atoms. The first-order valence-electron chi connectivity index (χ1n) is 26.2. The summed E-state index contributed by atoms with van der Waals surface area (Å²) in [6, 6.07) is 69.5. The highest BCUT2D eigenvalue weighted by Gasteiger charge is 2.32. The number of hydrogen-bond donors (Lipinski definition) is 0. The third-order valence-corrected chi connectivity index (χ3v) is 15.8. The zero-order chi connectivity index (χ0) is 47.0. The van der Waals surface area contributed by atoms with E-state index in [0.29, 0.717) is 0 Å². The fourth-order valence-corrected chi connectivity index (χ4v) is 13.3. The molecule has 0 aromatic heterocycles. The number of aryl methyl sites for hydroxylation is 3. The molecule has 13 aromatic carbocycles. The minimum absolute atomic E-state index is 0.965. The molecule has 0 atom stereocenters. The van der Waals surface area contributed by atoms with Gasteiger partial charge in [0, 0.05) is 0 Å². The van der Waals surface area contributed by atoms with Gasteiger partial charge in [-0.3, -0.25) is 0 Å². The van der Waals surface area contributed by atoms with E-state index in [0.717, 1.165) is 51.4 Å². The Kier molecular flexibility index (Phi) is 10.4. The van der Waals surface area contributed by atoms with E-state index in [1.165, 1.54) is 136 Å². The van der Waals surface area contributed by atoms with Crippen LogP contribution in [-0.2, 0) is 25.7 Å². The van der Waals surface area contributed by atoms with Gasteiger partial charge in [0.2, 0.25) is 0 Å². The Bertz CT molecular complexity index is 4110.